The van der Waals surface area contributed by atoms with Crippen molar-refractivity contribution in [2.24, 2.45) is 0 Å². The quantitative estimate of drug-likeness (QED) is 0.878. The molecule has 132 valence electrons. The number of hydrogen-bond acceptors (Lipinski definition) is 4. The molecule has 1 amide bonds. The number of anilines is 1. The number of amides is 1. The molecule has 0 radical (unpaired) electrons. The Labute approximate surface area is 148 Å². The first kappa shape index (κ1) is 17.5. The van der Waals surface area contributed by atoms with Gasteiger partial charge in [-0.05, 0) is 17.7 Å². The number of carbonyl (C=O) groups is 1. The lowest BCUT2D eigenvalue weighted by molar-refractivity contribution is 0.0827. The Hall–Kier alpha value is -2.37. The number of rotatable bonds is 6. The van der Waals surface area contributed by atoms with Crippen molar-refractivity contribution in [2.75, 3.05) is 44.9 Å². The van der Waals surface area contributed by atoms with E-state index in [0.29, 0.717) is 25.3 Å². The highest BCUT2D eigenvalue weighted by atomic mass is 16.5. The highest BCUT2D eigenvalue weighted by Crippen LogP contribution is 2.22. The van der Waals surface area contributed by atoms with Crippen molar-refractivity contribution in [3.63, 3.8) is 0 Å². The highest BCUT2D eigenvalue weighted by molar-refractivity contribution is 5.99. The summed E-state index contributed by atoms with van der Waals surface area (Å²) in [5, 5.41) is 3.01. The average molecular weight is 340 g/mol. The Morgan fingerprint density at radius 1 is 1.12 bits per heavy atom. The zero-order chi connectivity index (χ0) is 17.5. The van der Waals surface area contributed by atoms with Gasteiger partial charge in [-0.2, -0.15) is 0 Å². The van der Waals surface area contributed by atoms with E-state index in [1.54, 1.807) is 7.11 Å². The maximum atomic E-state index is 12.7. The minimum Gasteiger partial charge on any atom is -0.378 e. The van der Waals surface area contributed by atoms with E-state index in [1.807, 2.05) is 54.6 Å². The Balaban J connectivity index is 1.69. The third-order valence-corrected chi connectivity index (χ3v) is 4.40. The van der Waals surface area contributed by atoms with Crippen molar-refractivity contribution in [1.29, 1.82) is 0 Å². The fraction of sp³-hybridized carbons (Fsp3) is 0.350. The van der Waals surface area contributed by atoms with Gasteiger partial charge >= 0.3 is 0 Å². The summed E-state index contributed by atoms with van der Waals surface area (Å²) < 4.78 is 10.9. The molecule has 1 N–H and O–H groups in total. The second-order valence-corrected chi connectivity index (χ2v) is 5.96. The van der Waals surface area contributed by atoms with E-state index in [2.05, 4.69) is 10.2 Å². The molecule has 0 bridgehead atoms. The first-order chi connectivity index (χ1) is 12.3. The van der Waals surface area contributed by atoms with Crippen molar-refractivity contribution in [3.05, 3.63) is 65.7 Å². The molecule has 0 unspecified atom stereocenters. The van der Waals surface area contributed by atoms with E-state index >= 15 is 0 Å². The van der Waals surface area contributed by atoms with Crippen molar-refractivity contribution in [2.45, 2.75) is 6.10 Å². The van der Waals surface area contributed by atoms with Crippen LogP contribution in [0.5, 0.6) is 0 Å². The van der Waals surface area contributed by atoms with Crippen LogP contribution in [0.2, 0.25) is 0 Å². The molecule has 3 rings (SSSR count). The van der Waals surface area contributed by atoms with Gasteiger partial charge in [-0.3, -0.25) is 4.79 Å². The zero-order valence-corrected chi connectivity index (χ0v) is 14.5. The Bertz CT molecular complexity index is 684. The van der Waals surface area contributed by atoms with E-state index in [0.717, 1.165) is 24.3 Å². The van der Waals surface area contributed by atoms with Crippen LogP contribution in [0, 0.1) is 0 Å². The van der Waals surface area contributed by atoms with Gasteiger partial charge in [0.25, 0.3) is 5.91 Å². The van der Waals surface area contributed by atoms with Gasteiger partial charge in [0.15, 0.2) is 0 Å². The van der Waals surface area contributed by atoms with Crippen molar-refractivity contribution in [3.8, 4) is 0 Å². The van der Waals surface area contributed by atoms with Crippen molar-refractivity contribution >= 4 is 11.6 Å². The van der Waals surface area contributed by atoms with Crippen LogP contribution in [0.4, 0.5) is 5.69 Å². The van der Waals surface area contributed by atoms with Crippen LogP contribution in [-0.2, 0) is 9.47 Å². The summed E-state index contributed by atoms with van der Waals surface area (Å²) in [7, 11) is 1.66. The normalized spacial score (nSPS) is 15.6. The van der Waals surface area contributed by atoms with Crippen LogP contribution >= 0.6 is 0 Å². The number of carbonyl (C=O) groups excluding carboxylic acids is 1. The van der Waals surface area contributed by atoms with Crippen molar-refractivity contribution < 1.29 is 14.3 Å². The van der Waals surface area contributed by atoms with Crippen LogP contribution in [0.1, 0.15) is 22.0 Å². The second kappa shape index (κ2) is 8.65. The van der Waals surface area contributed by atoms with Gasteiger partial charge in [-0.15, -0.1) is 0 Å². The summed E-state index contributed by atoms with van der Waals surface area (Å²) in [5.41, 5.74) is 2.69. The van der Waals surface area contributed by atoms with Crippen LogP contribution in [0.25, 0.3) is 0 Å². The summed E-state index contributed by atoms with van der Waals surface area (Å²) >= 11 is 0. The molecule has 25 heavy (non-hydrogen) atoms. The summed E-state index contributed by atoms with van der Waals surface area (Å²) in [4.78, 5) is 14.9. The maximum Gasteiger partial charge on any atom is 0.253 e. The standard InChI is InChI=1S/C20H24N2O3/c1-24-19(16-7-3-2-4-8-16)15-21-20(23)17-9-5-6-10-18(17)22-11-13-25-14-12-22/h2-10,19H,11-15H2,1H3,(H,21,23)/t19-/m0/s1. The van der Waals surface area contributed by atoms with Gasteiger partial charge in [0.2, 0.25) is 0 Å². The molecular weight excluding hydrogens is 316 g/mol. The molecule has 0 saturated carbocycles. The van der Waals surface area contributed by atoms with Gasteiger partial charge in [-0.1, -0.05) is 42.5 Å². The summed E-state index contributed by atoms with van der Waals surface area (Å²) in [5.74, 6) is -0.0833. The smallest absolute Gasteiger partial charge is 0.253 e. The highest BCUT2D eigenvalue weighted by Gasteiger charge is 2.19. The molecule has 1 fully saturated rings. The molecule has 0 aromatic heterocycles. The number of morpholine rings is 1. The van der Waals surface area contributed by atoms with Crippen LogP contribution in [-0.4, -0.2) is 45.9 Å². The molecule has 1 aliphatic rings. The molecule has 1 aliphatic heterocycles. The zero-order valence-electron chi connectivity index (χ0n) is 14.5. The lowest BCUT2D eigenvalue weighted by Crippen LogP contribution is -2.38. The number of benzene rings is 2. The van der Waals surface area contributed by atoms with Gasteiger partial charge < -0.3 is 19.7 Å². The summed E-state index contributed by atoms with van der Waals surface area (Å²) in [6.45, 7) is 3.41. The van der Waals surface area contributed by atoms with E-state index in [-0.39, 0.29) is 12.0 Å². The Kier molecular flexibility index (Phi) is 6.04. The van der Waals surface area contributed by atoms with Crippen molar-refractivity contribution in [1.82, 2.24) is 5.32 Å². The third-order valence-electron chi connectivity index (χ3n) is 4.40. The van der Waals surface area contributed by atoms with E-state index < -0.39 is 0 Å². The molecule has 1 atom stereocenters. The van der Waals surface area contributed by atoms with Gasteiger partial charge in [0, 0.05) is 32.4 Å². The molecule has 0 spiro atoms. The number of hydrogen-bond donors (Lipinski definition) is 1. The number of nitrogens with zero attached hydrogens (tertiary/aromatic N) is 1. The fourth-order valence-electron chi connectivity index (χ4n) is 3.03. The monoisotopic (exact) mass is 340 g/mol. The SMILES string of the molecule is CO[C@@H](CNC(=O)c1ccccc1N1CCOCC1)c1ccccc1. The number of methoxy groups -OCH3 is 1. The topological polar surface area (TPSA) is 50.8 Å². The minimum atomic E-state index is -0.166. The van der Waals surface area contributed by atoms with E-state index in [9.17, 15) is 4.79 Å². The molecule has 0 aliphatic carbocycles. The lowest BCUT2D eigenvalue weighted by Gasteiger charge is -2.30. The lowest BCUT2D eigenvalue weighted by atomic mass is 10.1. The predicted molar refractivity (Wildman–Crippen MR) is 98.0 cm³/mol. The molecule has 1 saturated heterocycles. The van der Waals surface area contributed by atoms with Crippen LogP contribution < -0.4 is 10.2 Å². The number of nitrogens with one attached hydrogen (secondary N) is 1. The Morgan fingerprint density at radius 2 is 1.80 bits per heavy atom. The number of ether oxygens (including phenoxy) is 2. The Morgan fingerprint density at radius 3 is 2.52 bits per heavy atom. The van der Waals surface area contributed by atoms with E-state index in [4.69, 9.17) is 9.47 Å². The van der Waals surface area contributed by atoms with Gasteiger partial charge in [0.05, 0.1) is 24.9 Å². The second-order valence-electron chi connectivity index (χ2n) is 5.96. The fourth-order valence-corrected chi connectivity index (χ4v) is 3.03. The van der Waals surface area contributed by atoms with Gasteiger partial charge in [0.1, 0.15) is 0 Å². The first-order valence-electron chi connectivity index (χ1n) is 8.57. The molecule has 5 heteroatoms. The molecular formula is C20H24N2O3. The summed E-state index contributed by atoms with van der Waals surface area (Å²) in [6, 6.07) is 17.6. The summed E-state index contributed by atoms with van der Waals surface area (Å²) in [6.07, 6.45) is -0.166. The third kappa shape index (κ3) is 4.38. The molecule has 1 heterocycles. The largest absolute Gasteiger partial charge is 0.378 e. The predicted octanol–water partition coefficient (Wildman–Crippen LogP) is 2.64. The van der Waals surface area contributed by atoms with E-state index in [1.165, 1.54) is 0 Å². The van der Waals surface area contributed by atoms with Gasteiger partial charge in [-0.25, -0.2) is 0 Å². The first-order valence-corrected chi connectivity index (χ1v) is 8.57. The maximum absolute atomic E-state index is 12.7. The van der Waals surface area contributed by atoms with Crippen LogP contribution in [0.3, 0.4) is 0 Å². The minimum absolute atomic E-state index is 0.0833. The molecule has 2 aromatic carbocycles. The average Bonchev–Trinajstić information content (AvgIpc) is 2.70. The number of para-hydroxylation sites is 1. The molecule has 2 aromatic rings. The van der Waals surface area contributed by atoms with Crippen LogP contribution in [0.15, 0.2) is 54.6 Å². The molecule has 5 nitrogen and oxygen atoms in total.